The zero-order valence-electron chi connectivity index (χ0n) is 15.6. The molecule has 2 saturated heterocycles. The molecule has 2 fully saturated rings. The fourth-order valence-electron chi connectivity index (χ4n) is 3.79. The number of amides is 2. The summed E-state index contributed by atoms with van der Waals surface area (Å²) in [6.45, 7) is 7.00. The van der Waals surface area contributed by atoms with Crippen LogP contribution in [0.4, 0.5) is 0 Å². The van der Waals surface area contributed by atoms with Crippen molar-refractivity contribution in [1.29, 1.82) is 0 Å². The van der Waals surface area contributed by atoms with Crippen LogP contribution in [-0.2, 0) is 9.59 Å². The predicted octanol–water partition coefficient (Wildman–Crippen LogP) is 1.09. The first-order valence-corrected chi connectivity index (χ1v) is 9.65. The van der Waals surface area contributed by atoms with Gasteiger partial charge in [0.15, 0.2) is 0 Å². The molecule has 0 saturated carbocycles. The molecule has 6 heteroatoms. The molecule has 1 aromatic rings. The highest BCUT2D eigenvalue weighted by atomic mass is 16.2. The molecule has 142 valence electrons. The van der Waals surface area contributed by atoms with E-state index in [4.69, 9.17) is 5.73 Å². The minimum absolute atomic E-state index is 0.104. The van der Waals surface area contributed by atoms with E-state index in [2.05, 4.69) is 4.90 Å². The fraction of sp³-hybridized carbons (Fsp3) is 0.600. The van der Waals surface area contributed by atoms with Gasteiger partial charge in [-0.25, -0.2) is 0 Å². The van der Waals surface area contributed by atoms with Gasteiger partial charge in [-0.1, -0.05) is 37.3 Å². The fourth-order valence-corrected chi connectivity index (χ4v) is 3.79. The van der Waals surface area contributed by atoms with Gasteiger partial charge in [0.1, 0.15) is 0 Å². The Kier molecular flexibility index (Phi) is 6.27. The molecule has 0 aromatic heterocycles. The van der Waals surface area contributed by atoms with Crippen LogP contribution in [0, 0.1) is 5.92 Å². The van der Waals surface area contributed by atoms with Crippen molar-refractivity contribution >= 4 is 11.8 Å². The molecule has 6 nitrogen and oxygen atoms in total. The number of carbonyl (C=O) groups excluding carboxylic acids is 2. The molecule has 0 spiro atoms. The lowest BCUT2D eigenvalue weighted by molar-refractivity contribution is -0.138. The molecule has 2 N–H and O–H groups in total. The number of nitrogens with two attached hydrogens (primary N) is 1. The molecule has 1 aromatic carbocycles. The van der Waals surface area contributed by atoms with E-state index in [0.717, 1.165) is 44.6 Å². The molecule has 2 amide bonds. The monoisotopic (exact) mass is 358 g/mol. The van der Waals surface area contributed by atoms with Crippen LogP contribution < -0.4 is 5.73 Å². The van der Waals surface area contributed by atoms with Crippen molar-refractivity contribution in [1.82, 2.24) is 14.7 Å². The third-order valence-electron chi connectivity index (χ3n) is 5.61. The summed E-state index contributed by atoms with van der Waals surface area (Å²) in [5.74, 6) is 0.0730. The van der Waals surface area contributed by atoms with Crippen LogP contribution in [0.15, 0.2) is 30.3 Å². The van der Waals surface area contributed by atoms with E-state index >= 15 is 0 Å². The Morgan fingerprint density at radius 3 is 2.19 bits per heavy atom. The van der Waals surface area contributed by atoms with E-state index in [1.807, 2.05) is 47.1 Å². The van der Waals surface area contributed by atoms with E-state index in [9.17, 15) is 9.59 Å². The number of piperazine rings is 1. The van der Waals surface area contributed by atoms with Gasteiger partial charge in [-0.2, -0.15) is 0 Å². The third-order valence-corrected chi connectivity index (χ3v) is 5.61. The van der Waals surface area contributed by atoms with Crippen molar-refractivity contribution in [3.63, 3.8) is 0 Å². The van der Waals surface area contributed by atoms with Gasteiger partial charge in [-0.05, 0) is 18.4 Å². The Hall–Kier alpha value is -1.92. The second-order valence-corrected chi connectivity index (χ2v) is 7.41. The van der Waals surface area contributed by atoms with Gasteiger partial charge in [-0.15, -0.1) is 0 Å². The van der Waals surface area contributed by atoms with Crippen molar-refractivity contribution < 1.29 is 9.59 Å². The lowest BCUT2D eigenvalue weighted by atomic mass is 9.94. The molecule has 0 aliphatic carbocycles. The van der Waals surface area contributed by atoms with E-state index in [-0.39, 0.29) is 23.8 Å². The van der Waals surface area contributed by atoms with Crippen LogP contribution in [-0.4, -0.2) is 72.3 Å². The number of hydrogen-bond donors (Lipinski definition) is 1. The maximum absolute atomic E-state index is 12.8. The van der Waals surface area contributed by atoms with Crippen molar-refractivity contribution in [2.24, 2.45) is 11.7 Å². The summed E-state index contributed by atoms with van der Waals surface area (Å²) in [6.07, 6.45) is 2.24. The Labute approximate surface area is 155 Å². The van der Waals surface area contributed by atoms with E-state index in [1.165, 1.54) is 0 Å². The smallest absolute Gasteiger partial charge is 0.236 e. The van der Waals surface area contributed by atoms with E-state index in [1.54, 1.807) is 0 Å². The van der Waals surface area contributed by atoms with Crippen LogP contribution in [0.3, 0.4) is 0 Å². The standard InChI is InChI=1S/C20H30N4O2/c1-16(19(21)17-7-3-2-4-8-17)20(26)24-13-11-22(12-14-24)15-18(25)23-9-5-6-10-23/h2-4,7-8,16,19H,5-6,9-15,21H2,1H3. The normalized spacial score (nSPS) is 20.8. The molecule has 2 aliphatic rings. The Morgan fingerprint density at radius 2 is 1.58 bits per heavy atom. The third kappa shape index (κ3) is 4.43. The van der Waals surface area contributed by atoms with Gasteiger partial charge in [0.05, 0.1) is 12.5 Å². The van der Waals surface area contributed by atoms with Crippen molar-refractivity contribution in [3.05, 3.63) is 35.9 Å². The molecule has 2 atom stereocenters. The topological polar surface area (TPSA) is 69.9 Å². The quantitative estimate of drug-likeness (QED) is 0.855. The summed E-state index contributed by atoms with van der Waals surface area (Å²) in [4.78, 5) is 31.1. The van der Waals surface area contributed by atoms with Gasteiger partial charge in [0.2, 0.25) is 11.8 Å². The highest BCUT2D eigenvalue weighted by molar-refractivity contribution is 5.80. The average Bonchev–Trinajstić information content (AvgIpc) is 3.22. The Bertz CT molecular complexity index is 607. The van der Waals surface area contributed by atoms with Gasteiger partial charge in [0.25, 0.3) is 0 Å². The first-order chi connectivity index (χ1) is 12.6. The van der Waals surface area contributed by atoms with Crippen molar-refractivity contribution in [2.45, 2.75) is 25.8 Å². The summed E-state index contributed by atoms with van der Waals surface area (Å²) in [6, 6.07) is 9.49. The van der Waals surface area contributed by atoms with Crippen LogP contribution in [0.2, 0.25) is 0 Å². The van der Waals surface area contributed by atoms with Gasteiger partial charge >= 0.3 is 0 Å². The molecular formula is C20H30N4O2. The lowest BCUT2D eigenvalue weighted by Gasteiger charge is -2.37. The van der Waals surface area contributed by atoms with E-state index in [0.29, 0.717) is 19.6 Å². The minimum atomic E-state index is -0.293. The average molecular weight is 358 g/mol. The van der Waals surface area contributed by atoms with Crippen LogP contribution in [0.5, 0.6) is 0 Å². The number of carbonyl (C=O) groups is 2. The zero-order valence-corrected chi connectivity index (χ0v) is 15.6. The Balaban J connectivity index is 1.47. The van der Waals surface area contributed by atoms with Gasteiger partial charge in [-0.3, -0.25) is 14.5 Å². The summed E-state index contributed by atoms with van der Waals surface area (Å²) in [5.41, 5.74) is 7.29. The maximum Gasteiger partial charge on any atom is 0.236 e. The largest absolute Gasteiger partial charge is 0.342 e. The number of rotatable bonds is 5. The lowest BCUT2D eigenvalue weighted by Crippen LogP contribution is -2.53. The second-order valence-electron chi connectivity index (χ2n) is 7.41. The van der Waals surface area contributed by atoms with Crippen LogP contribution in [0.25, 0.3) is 0 Å². The Morgan fingerprint density at radius 1 is 0.962 bits per heavy atom. The molecule has 2 aliphatic heterocycles. The van der Waals surface area contributed by atoms with Crippen LogP contribution in [0.1, 0.15) is 31.4 Å². The highest BCUT2D eigenvalue weighted by Crippen LogP contribution is 2.21. The number of nitrogens with zero attached hydrogens (tertiary/aromatic N) is 3. The van der Waals surface area contributed by atoms with Crippen LogP contribution >= 0.6 is 0 Å². The summed E-state index contributed by atoms with van der Waals surface area (Å²) in [7, 11) is 0. The maximum atomic E-state index is 12.8. The van der Waals surface area contributed by atoms with Gasteiger partial charge in [0, 0.05) is 45.3 Å². The second kappa shape index (κ2) is 8.64. The number of benzene rings is 1. The highest BCUT2D eigenvalue weighted by Gasteiger charge is 2.30. The first-order valence-electron chi connectivity index (χ1n) is 9.65. The van der Waals surface area contributed by atoms with Gasteiger partial charge < -0.3 is 15.5 Å². The molecule has 0 bridgehead atoms. The SMILES string of the molecule is CC(C(=O)N1CCN(CC(=O)N2CCCC2)CC1)C(N)c1ccccc1. The van der Waals surface area contributed by atoms with E-state index < -0.39 is 0 Å². The summed E-state index contributed by atoms with van der Waals surface area (Å²) < 4.78 is 0. The first kappa shape index (κ1) is 18.9. The van der Waals surface area contributed by atoms with Crippen molar-refractivity contribution in [3.8, 4) is 0 Å². The summed E-state index contributed by atoms with van der Waals surface area (Å²) >= 11 is 0. The number of likely N-dealkylation sites (tertiary alicyclic amines) is 1. The summed E-state index contributed by atoms with van der Waals surface area (Å²) in [5, 5.41) is 0. The molecule has 3 rings (SSSR count). The predicted molar refractivity (Wildman–Crippen MR) is 101 cm³/mol. The molecule has 0 radical (unpaired) electrons. The number of hydrogen-bond acceptors (Lipinski definition) is 4. The molecule has 2 unspecified atom stereocenters. The zero-order chi connectivity index (χ0) is 18.5. The van der Waals surface area contributed by atoms with Crippen molar-refractivity contribution in [2.75, 3.05) is 45.8 Å². The molecular weight excluding hydrogens is 328 g/mol. The minimum Gasteiger partial charge on any atom is -0.342 e. The molecule has 26 heavy (non-hydrogen) atoms. The molecule has 2 heterocycles.